The molecule has 1 aromatic carbocycles. The molecule has 0 aromatic heterocycles. The minimum absolute atomic E-state index is 0.230. The quantitative estimate of drug-likeness (QED) is 0.537. The van der Waals surface area contributed by atoms with Crippen LogP contribution in [0.25, 0.3) is 0 Å². The molecule has 0 unspecified atom stereocenters. The summed E-state index contributed by atoms with van der Waals surface area (Å²) in [6, 6.07) is 6.52. The van der Waals surface area contributed by atoms with Crippen LogP contribution in [0.3, 0.4) is 0 Å². The molecule has 60 valence electrons. The van der Waals surface area contributed by atoms with E-state index in [2.05, 4.69) is 10.4 Å². The first-order valence-corrected chi connectivity index (χ1v) is 3.54. The fourth-order valence-corrected chi connectivity index (χ4v) is 0.837. The highest BCUT2D eigenvalue weighted by Crippen LogP contribution is 2.04. The number of hydrogen-bond donors (Lipinski definition) is 2. The first-order chi connectivity index (χ1) is 5.34. The fraction of sp³-hybridized carbons (Fsp3) is 0.143. The van der Waals surface area contributed by atoms with E-state index in [0.717, 1.165) is 0 Å². The van der Waals surface area contributed by atoms with Crippen LogP contribution < -0.4 is 10.4 Å². The van der Waals surface area contributed by atoms with Gasteiger partial charge in [0.05, 0.1) is 0 Å². The second kappa shape index (κ2) is 4.28. The molecular weight excluding hydrogens is 167 g/mol. The normalized spacial score (nSPS) is 10.0. The highest BCUT2D eigenvalue weighted by Gasteiger charge is 1.97. The topological polar surface area (TPSA) is 24.1 Å². The summed E-state index contributed by atoms with van der Waals surface area (Å²) in [7, 11) is 0. The van der Waals surface area contributed by atoms with Crippen LogP contribution in [-0.2, 0) is 6.54 Å². The summed E-state index contributed by atoms with van der Waals surface area (Å²) in [5.41, 5.74) is 3.16. The standard InChI is InChI=1S/C7H8ClFN2/c8-11-10-5-6-3-1-2-4-7(6)9/h1-4,10-11H,5H2. The van der Waals surface area contributed by atoms with Gasteiger partial charge in [-0.3, -0.25) is 0 Å². The van der Waals surface area contributed by atoms with Crippen molar-refractivity contribution in [2.45, 2.75) is 6.54 Å². The van der Waals surface area contributed by atoms with Gasteiger partial charge in [-0.2, -0.15) is 4.94 Å². The van der Waals surface area contributed by atoms with Crippen LogP contribution in [0.2, 0.25) is 0 Å². The van der Waals surface area contributed by atoms with Crippen LogP contribution in [0.15, 0.2) is 24.3 Å². The highest BCUT2D eigenvalue weighted by molar-refractivity contribution is 6.13. The fourth-order valence-electron chi connectivity index (χ4n) is 0.770. The van der Waals surface area contributed by atoms with E-state index < -0.39 is 0 Å². The van der Waals surface area contributed by atoms with Gasteiger partial charge in [0.2, 0.25) is 0 Å². The van der Waals surface area contributed by atoms with Gasteiger partial charge in [-0.25, -0.2) is 9.82 Å². The molecule has 1 aromatic rings. The van der Waals surface area contributed by atoms with Crippen molar-refractivity contribution in [2.75, 3.05) is 0 Å². The van der Waals surface area contributed by atoms with Crippen molar-refractivity contribution in [1.29, 1.82) is 0 Å². The lowest BCUT2D eigenvalue weighted by Gasteiger charge is -2.01. The second-order valence-electron chi connectivity index (χ2n) is 2.04. The first-order valence-electron chi connectivity index (χ1n) is 3.16. The van der Waals surface area contributed by atoms with Crippen LogP contribution in [0, 0.1) is 5.82 Å². The summed E-state index contributed by atoms with van der Waals surface area (Å²) in [5, 5.41) is 0. The smallest absolute Gasteiger partial charge is 0.127 e. The van der Waals surface area contributed by atoms with Crippen LogP contribution >= 0.6 is 11.8 Å². The van der Waals surface area contributed by atoms with Gasteiger partial charge in [-0.1, -0.05) is 18.2 Å². The van der Waals surface area contributed by atoms with Crippen LogP contribution in [0.5, 0.6) is 0 Å². The molecule has 0 saturated carbocycles. The Morgan fingerprint density at radius 2 is 2.09 bits per heavy atom. The van der Waals surface area contributed by atoms with Crippen molar-refractivity contribution >= 4 is 11.8 Å². The van der Waals surface area contributed by atoms with Crippen molar-refractivity contribution in [1.82, 2.24) is 10.4 Å². The average molecular weight is 175 g/mol. The molecular formula is C7H8ClFN2. The predicted molar refractivity (Wildman–Crippen MR) is 42.2 cm³/mol. The third kappa shape index (κ3) is 2.46. The summed E-state index contributed by atoms with van der Waals surface area (Å²) < 4.78 is 12.8. The van der Waals surface area contributed by atoms with E-state index in [1.165, 1.54) is 6.07 Å². The molecule has 2 N–H and O–H groups in total. The third-order valence-corrected chi connectivity index (χ3v) is 1.44. The molecule has 0 aliphatic carbocycles. The summed E-state index contributed by atoms with van der Waals surface area (Å²) in [4.78, 5) is 2.20. The Kier molecular flexibility index (Phi) is 3.29. The number of rotatable bonds is 3. The molecule has 0 radical (unpaired) electrons. The lowest BCUT2D eigenvalue weighted by Crippen LogP contribution is -2.22. The van der Waals surface area contributed by atoms with Gasteiger partial charge in [0.1, 0.15) is 5.82 Å². The molecule has 0 bridgehead atoms. The van der Waals surface area contributed by atoms with Gasteiger partial charge in [-0.15, -0.1) is 0 Å². The Hall–Kier alpha value is -0.640. The highest BCUT2D eigenvalue weighted by atomic mass is 35.5. The first kappa shape index (κ1) is 8.46. The number of hydrazine groups is 1. The molecule has 0 atom stereocenters. The molecule has 0 fully saturated rings. The predicted octanol–water partition coefficient (Wildman–Crippen LogP) is 1.57. The van der Waals surface area contributed by atoms with Gasteiger partial charge in [-0.05, 0) is 17.8 Å². The minimum atomic E-state index is -0.230. The molecule has 0 heterocycles. The zero-order valence-corrected chi connectivity index (χ0v) is 6.53. The molecule has 0 aliphatic rings. The number of benzene rings is 1. The summed E-state index contributed by atoms with van der Waals surface area (Å²) >= 11 is 5.12. The minimum Gasteiger partial charge on any atom is -0.239 e. The summed E-state index contributed by atoms with van der Waals surface area (Å²) in [6.45, 7) is 0.371. The van der Waals surface area contributed by atoms with Gasteiger partial charge in [0.15, 0.2) is 0 Å². The van der Waals surface area contributed by atoms with E-state index in [9.17, 15) is 4.39 Å². The summed E-state index contributed by atoms with van der Waals surface area (Å²) in [5.74, 6) is -0.230. The van der Waals surface area contributed by atoms with Gasteiger partial charge in [0.25, 0.3) is 0 Å². The van der Waals surface area contributed by atoms with Gasteiger partial charge < -0.3 is 0 Å². The largest absolute Gasteiger partial charge is 0.239 e. The van der Waals surface area contributed by atoms with Crippen molar-refractivity contribution in [3.63, 3.8) is 0 Å². The molecule has 0 spiro atoms. The van der Waals surface area contributed by atoms with Crippen LogP contribution in [-0.4, -0.2) is 0 Å². The van der Waals surface area contributed by atoms with Crippen LogP contribution in [0.1, 0.15) is 5.56 Å². The van der Waals surface area contributed by atoms with E-state index in [1.54, 1.807) is 18.2 Å². The Bertz CT molecular complexity index is 229. The van der Waals surface area contributed by atoms with Crippen LogP contribution in [0.4, 0.5) is 4.39 Å². The maximum atomic E-state index is 12.8. The zero-order chi connectivity index (χ0) is 8.10. The van der Waals surface area contributed by atoms with E-state index in [-0.39, 0.29) is 5.82 Å². The molecule has 2 nitrogen and oxygen atoms in total. The van der Waals surface area contributed by atoms with Crippen molar-refractivity contribution in [3.8, 4) is 0 Å². The molecule has 11 heavy (non-hydrogen) atoms. The second-order valence-corrected chi connectivity index (χ2v) is 2.23. The Balaban J connectivity index is 2.62. The molecule has 4 heteroatoms. The van der Waals surface area contributed by atoms with Gasteiger partial charge >= 0.3 is 0 Å². The SMILES string of the molecule is Fc1ccccc1CNNCl. The van der Waals surface area contributed by atoms with E-state index in [1.807, 2.05) is 0 Å². The monoisotopic (exact) mass is 174 g/mol. The molecule has 1 rings (SSSR count). The zero-order valence-electron chi connectivity index (χ0n) is 5.77. The Labute approximate surface area is 69.4 Å². The number of nitrogens with one attached hydrogen (secondary N) is 2. The molecule has 0 saturated heterocycles. The maximum Gasteiger partial charge on any atom is 0.127 e. The third-order valence-electron chi connectivity index (χ3n) is 1.30. The lowest BCUT2D eigenvalue weighted by molar-refractivity contribution is 0.583. The molecule has 0 amide bonds. The van der Waals surface area contributed by atoms with Gasteiger partial charge in [0, 0.05) is 12.1 Å². The van der Waals surface area contributed by atoms with E-state index in [4.69, 9.17) is 11.8 Å². The number of hydrogen-bond acceptors (Lipinski definition) is 2. The maximum absolute atomic E-state index is 12.8. The lowest BCUT2D eigenvalue weighted by atomic mass is 10.2. The van der Waals surface area contributed by atoms with Crippen molar-refractivity contribution in [2.24, 2.45) is 0 Å². The summed E-state index contributed by atoms with van der Waals surface area (Å²) in [6.07, 6.45) is 0. The van der Waals surface area contributed by atoms with Crippen molar-refractivity contribution < 1.29 is 4.39 Å². The molecule has 0 aliphatic heterocycles. The van der Waals surface area contributed by atoms with E-state index in [0.29, 0.717) is 12.1 Å². The Morgan fingerprint density at radius 3 is 2.73 bits per heavy atom. The number of halogens is 2. The Morgan fingerprint density at radius 1 is 1.36 bits per heavy atom. The van der Waals surface area contributed by atoms with Crippen molar-refractivity contribution in [3.05, 3.63) is 35.6 Å². The van der Waals surface area contributed by atoms with E-state index >= 15 is 0 Å². The average Bonchev–Trinajstić information content (AvgIpc) is 2.03.